The fourth-order valence-electron chi connectivity index (χ4n) is 1.05. The Balaban J connectivity index is 2.98. The Labute approximate surface area is 82.7 Å². The van der Waals surface area contributed by atoms with Gasteiger partial charge in [-0.3, -0.25) is 0 Å². The number of benzene rings is 1. The molecule has 3 heteroatoms. The third-order valence-corrected chi connectivity index (χ3v) is 1.94. The van der Waals surface area contributed by atoms with Gasteiger partial charge in [-0.15, -0.1) is 11.6 Å². The highest BCUT2D eigenvalue weighted by atomic mass is 35.5. The first-order chi connectivity index (χ1) is 6.29. The average molecular weight is 196 g/mol. The molecule has 1 unspecified atom stereocenters. The SMILES string of the molecule is CCOc1ccccc1C(Cl)C#N. The maximum absolute atomic E-state index is 8.64. The number of ether oxygens (including phenoxy) is 1. The predicted octanol–water partition coefficient (Wildman–Crippen LogP) is 2.89. The average Bonchev–Trinajstić information content (AvgIpc) is 2.18. The quantitative estimate of drug-likeness (QED) is 0.695. The predicted molar refractivity (Wildman–Crippen MR) is 51.8 cm³/mol. The molecule has 1 atom stereocenters. The molecule has 0 heterocycles. The van der Waals surface area contributed by atoms with Crippen molar-refractivity contribution in [2.24, 2.45) is 0 Å². The van der Waals surface area contributed by atoms with Crippen LogP contribution in [-0.4, -0.2) is 6.61 Å². The molecular formula is C10H10ClNO. The van der Waals surface area contributed by atoms with Crippen LogP contribution in [0.25, 0.3) is 0 Å². The lowest BCUT2D eigenvalue weighted by molar-refractivity contribution is 0.337. The number of hydrogen-bond acceptors (Lipinski definition) is 2. The molecule has 2 nitrogen and oxygen atoms in total. The maximum Gasteiger partial charge on any atom is 0.149 e. The van der Waals surface area contributed by atoms with Gasteiger partial charge in [0, 0.05) is 5.56 Å². The topological polar surface area (TPSA) is 33.0 Å². The highest BCUT2D eigenvalue weighted by molar-refractivity contribution is 6.22. The zero-order chi connectivity index (χ0) is 9.68. The number of halogens is 1. The summed E-state index contributed by atoms with van der Waals surface area (Å²) in [5.74, 6) is 0.687. The van der Waals surface area contributed by atoms with E-state index in [2.05, 4.69) is 0 Å². The molecule has 0 N–H and O–H groups in total. The number of rotatable bonds is 3. The fraction of sp³-hybridized carbons (Fsp3) is 0.300. The standard InChI is InChI=1S/C10H10ClNO/c1-2-13-10-6-4-3-5-8(10)9(11)7-12/h3-6,9H,2H2,1H3. The summed E-state index contributed by atoms with van der Waals surface area (Å²) in [6.07, 6.45) is 0. The van der Waals surface area contributed by atoms with Crippen LogP contribution in [0.4, 0.5) is 0 Å². The molecular weight excluding hydrogens is 186 g/mol. The van der Waals surface area contributed by atoms with Gasteiger partial charge in [-0.05, 0) is 13.0 Å². The summed E-state index contributed by atoms with van der Waals surface area (Å²) in [5, 5.41) is 8.01. The number of nitrogens with zero attached hydrogens (tertiary/aromatic N) is 1. The Kier molecular flexibility index (Phi) is 3.60. The van der Waals surface area contributed by atoms with E-state index < -0.39 is 5.38 Å². The van der Waals surface area contributed by atoms with Crippen molar-refractivity contribution in [3.8, 4) is 11.8 Å². The monoisotopic (exact) mass is 195 g/mol. The van der Waals surface area contributed by atoms with Gasteiger partial charge in [0.2, 0.25) is 0 Å². The van der Waals surface area contributed by atoms with E-state index >= 15 is 0 Å². The molecule has 0 aliphatic heterocycles. The third-order valence-electron chi connectivity index (χ3n) is 1.61. The first-order valence-electron chi connectivity index (χ1n) is 4.05. The summed E-state index contributed by atoms with van der Waals surface area (Å²) < 4.78 is 5.32. The van der Waals surface area contributed by atoms with Crippen LogP contribution < -0.4 is 4.74 Å². The van der Waals surface area contributed by atoms with Gasteiger partial charge in [0.25, 0.3) is 0 Å². The van der Waals surface area contributed by atoms with Gasteiger partial charge < -0.3 is 4.74 Å². The molecule has 1 aromatic carbocycles. The lowest BCUT2D eigenvalue weighted by atomic mass is 10.1. The first kappa shape index (κ1) is 9.88. The van der Waals surface area contributed by atoms with Crippen LogP contribution in [-0.2, 0) is 0 Å². The Morgan fingerprint density at radius 1 is 1.54 bits per heavy atom. The molecule has 0 radical (unpaired) electrons. The summed E-state index contributed by atoms with van der Waals surface area (Å²) in [6.45, 7) is 2.47. The lowest BCUT2D eigenvalue weighted by Crippen LogP contribution is -1.97. The summed E-state index contributed by atoms with van der Waals surface area (Å²) >= 11 is 5.79. The maximum atomic E-state index is 8.64. The highest BCUT2D eigenvalue weighted by Crippen LogP contribution is 2.28. The van der Waals surface area contributed by atoms with Crippen LogP contribution in [0, 0.1) is 11.3 Å². The summed E-state index contributed by atoms with van der Waals surface area (Å²) in [5.41, 5.74) is 0.730. The molecule has 0 fully saturated rings. The van der Waals surface area contributed by atoms with Crippen molar-refractivity contribution in [3.63, 3.8) is 0 Å². The van der Waals surface area contributed by atoms with Gasteiger partial charge in [0.15, 0.2) is 0 Å². The van der Waals surface area contributed by atoms with Crippen LogP contribution in [0.15, 0.2) is 24.3 Å². The molecule has 1 rings (SSSR count). The Morgan fingerprint density at radius 3 is 2.85 bits per heavy atom. The van der Waals surface area contributed by atoms with E-state index in [0.717, 1.165) is 5.56 Å². The van der Waals surface area contributed by atoms with Gasteiger partial charge in [0.05, 0.1) is 12.7 Å². The molecule has 0 saturated carbocycles. The fourth-order valence-corrected chi connectivity index (χ4v) is 1.23. The van der Waals surface area contributed by atoms with E-state index in [4.69, 9.17) is 21.6 Å². The molecule has 0 aliphatic rings. The molecule has 0 aromatic heterocycles. The van der Waals surface area contributed by atoms with Crippen LogP contribution in [0.5, 0.6) is 5.75 Å². The van der Waals surface area contributed by atoms with E-state index in [1.807, 2.05) is 31.2 Å². The number of para-hydroxylation sites is 1. The minimum atomic E-state index is -0.636. The molecule has 0 amide bonds. The van der Waals surface area contributed by atoms with E-state index in [1.165, 1.54) is 0 Å². The minimum absolute atomic E-state index is 0.575. The van der Waals surface area contributed by atoms with Crippen molar-refractivity contribution in [1.29, 1.82) is 5.26 Å². The van der Waals surface area contributed by atoms with Gasteiger partial charge in [-0.25, -0.2) is 0 Å². The molecule has 0 aliphatic carbocycles. The Hall–Kier alpha value is -1.20. The van der Waals surface area contributed by atoms with E-state index in [-0.39, 0.29) is 0 Å². The second-order valence-corrected chi connectivity index (χ2v) is 2.90. The zero-order valence-electron chi connectivity index (χ0n) is 7.33. The van der Waals surface area contributed by atoms with Crippen LogP contribution in [0.1, 0.15) is 17.9 Å². The number of nitriles is 1. The van der Waals surface area contributed by atoms with E-state index in [9.17, 15) is 0 Å². The molecule has 0 bridgehead atoms. The third kappa shape index (κ3) is 2.37. The second-order valence-electron chi connectivity index (χ2n) is 2.46. The Bertz CT molecular complexity index is 319. The normalized spacial score (nSPS) is 11.8. The molecule has 68 valence electrons. The van der Waals surface area contributed by atoms with E-state index in [0.29, 0.717) is 12.4 Å². The van der Waals surface area contributed by atoms with Crippen molar-refractivity contribution in [2.45, 2.75) is 12.3 Å². The van der Waals surface area contributed by atoms with Gasteiger partial charge in [0.1, 0.15) is 11.1 Å². The van der Waals surface area contributed by atoms with Crippen molar-refractivity contribution in [1.82, 2.24) is 0 Å². The summed E-state index contributed by atoms with van der Waals surface area (Å²) in [7, 11) is 0. The molecule has 1 aromatic rings. The van der Waals surface area contributed by atoms with Crippen LogP contribution in [0.3, 0.4) is 0 Å². The van der Waals surface area contributed by atoms with Crippen molar-refractivity contribution in [2.75, 3.05) is 6.61 Å². The van der Waals surface area contributed by atoms with Gasteiger partial charge in [-0.2, -0.15) is 5.26 Å². The van der Waals surface area contributed by atoms with Crippen LogP contribution in [0.2, 0.25) is 0 Å². The van der Waals surface area contributed by atoms with Gasteiger partial charge in [-0.1, -0.05) is 18.2 Å². The number of hydrogen-bond donors (Lipinski definition) is 0. The smallest absolute Gasteiger partial charge is 0.149 e. The summed E-state index contributed by atoms with van der Waals surface area (Å²) in [4.78, 5) is 0. The van der Waals surface area contributed by atoms with E-state index in [1.54, 1.807) is 6.07 Å². The second kappa shape index (κ2) is 4.74. The highest BCUT2D eigenvalue weighted by Gasteiger charge is 2.11. The number of alkyl halides is 1. The largest absolute Gasteiger partial charge is 0.494 e. The van der Waals surface area contributed by atoms with Crippen molar-refractivity contribution >= 4 is 11.6 Å². The zero-order valence-corrected chi connectivity index (χ0v) is 8.08. The molecule has 0 spiro atoms. The van der Waals surface area contributed by atoms with Crippen molar-refractivity contribution < 1.29 is 4.74 Å². The van der Waals surface area contributed by atoms with Gasteiger partial charge >= 0.3 is 0 Å². The van der Waals surface area contributed by atoms with Crippen molar-refractivity contribution in [3.05, 3.63) is 29.8 Å². The summed E-state index contributed by atoms with van der Waals surface area (Å²) in [6, 6.07) is 9.27. The lowest BCUT2D eigenvalue weighted by Gasteiger charge is -2.09. The molecule has 0 saturated heterocycles. The first-order valence-corrected chi connectivity index (χ1v) is 4.48. The van der Waals surface area contributed by atoms with Crippen LogP contribution >= 0.6 is 11.6 Å². The molecule has 13 heavy (non-hydrogen) atoms. The Morgan fingerprint density at radius 2 is 2.23 bits per heavy atom. The minimum Gasteiger partial charge on any atom is -0.494 e.